The van der Waals surface area contributed by atoms with Gasteiger partial charge in [0.25, 0.3) is 0 Å². The Balaban J connectivity index is 2.56. The SMILES string of the molecule is CCOC(C)c1ncc(CNC(C)(C)C)cn1. The molecule has 0 fully saturated rings. The van der Waals surface area contributed by atoms with Gasteiger partial charge in [0.15, 0.2) is 5.82 Å². The van der Waals surface area contributed by atoms with Crippen LogP contribution in [0.15, 0.2) is 12.4 Å². The molecule has 0 aliphatic rings. The number of ether oxygens (including phenoxy) is 1. The number of aromatic nitrogens is 2. The molecule has 17 heavy (non-hydrogen) atoms. The minimum Gasteiger partial charge on any atom is -0.371 e. The maximum absolute atomic E-state index is 5.44. The average Bonchev–Trinajstić information content (AvgIpc) is 2.26. The normalized spacial score (nSPS) is 13.7. The number of nitrogens with one attached hydrogen (secondary N) is 1. The molecule has 4 nitrogen and oxygen atoms in total. The highest BCUT2D eigenvalue weighted by atomic mass is 16.5. The van der Waals surface area contributed by atoms with Gasteiger partial charge in [0, 0.05) is 36.6 Å². The average molecular weight is 237 g/mol. The summed E-state index contributed by atoms with van der Waals surface area (Å²) < 4.78 is 5.44. The lowest BCUT2D eigenvalue weighted by Gasteiger charge is -2.20. The van der Waals surface area contributed by atoms with Crippen LogP contribution in [0.2, 0.25) is 0 Å². The van der Waals surface area contributed by atoms with E-state index in [9.17, 15) is 0 Å². The largest absolute Gasteiger partial charge is 0.371 e. The molecule has 4 heteroatoms. The molecular formula is C13H23N3O. The van der Waals surface area contributed by atoms with Gasteiger partial charge in [-0.3, -0.25) is 0 Å². The zero-order chi connectivity index (χ0) is 12.9. The molecule has 1 atom stereocenters. The van der Waals surface area contributed by atoms with Crippen molar-refractivity contribution in [3.8, 4) is 0 Å². The highest BCUT2D eigenvalue weighted by Gasteiger charge is 2.10. The number of rotatable bonds is 5. The molecule has 1 aromatic heterocycles. The fraction of sp³-hybridized carbons (Fsp3) is 0.692. The Labute approximate surface area is 104 Å². The molecule has 0 aliphatic heterocycles. The van der Waals surface area contributed by atoms with Crippen LogP contribution >= 0.6 is 0 Å². The van der Waals surface area contributed by atoms with E-state index in [0.29, 0.717) is 6.61 Å². The lowest BCUT2D eigenvalue weighted by molar-refractivity contribution is 0.0700. The third kappa shape index (κ3) is 5.24. The first-order chi connectivity index (χ1) is 7.92. The third-order valence-corrected chi connectivity index (χ3v) is 2.33. The summed E-state index contributed by atoms with van der Waals surface area (Å²) in [7, 11) is 0. The van der Waals surface area contributed by atoms with Crippen molar-refractivity contribution in [2.24, 2.45) is 0 Å². The molecule has 1 N–H and O–H groups in total. The van der Waals surface area contributed by atoms with E-state index in [2.05, 4.69) is 36.1 Å². The molecule has 1 unspecified atom stereocenters. The van der Waals surface area contributed by atoms with Crippen molar-refractivity contribution in [1.82, 2.24) is 15.3 Å². The van der Waals surface area contributed by atoms with Crippen LogP contribution in [0, 0.1) is 0 Å². The molecule has 0 bridgehead atoms. The predicted octanol–water partition coefficient (Wildman–Crippen LogP) is 2.46. The van der Waals surface area contributed by atoms with Crippen LogP contribution in [0.25, 0.3) is 0 Å². The van der Waals surface area contributed by atoms with E-state index in [-0.39, 0.29) is 11.6 Å². The second kappa shape index (κ2) is 6.07. The van der Waals surface area contributed by atoms with Gasteiger partial charge in [-0.05, 0) is 34.6 Å². The Morgan fingerprint density at radius 2 is 1.88 bits per heavy atom. The molecule has 1 heterocycles. The van der Waals surface area contributed by atoms with Gasteiger partial charge in [0.2, 0.25) is 0 Å². The van der Waals surface area contributed by atoms with E-state index < -0.39 is 0 Å². The summed E-state index contributed by atoms with van der Waals surface area (Å²) in [5, 5.41) is 3.40. The first-order valence-electron chi connectivity index (χ1n) is 6.10. The number of hydrogen-bond donors (Lipinski definition) is 1. The summed E-state index contributed by atoms with van der Waals surface area (Å²) in [6, 6.07) is 0. The van der Waals surface area contributed by atoms with Gasteiger partial charge in [-0.1, -0.05) is 0 Å². The summed E-state index contributed by atoms with van der Waals surface area (Å²) in [4.78, 5) is 8.64. The van der Waals surface area contributed by atoms with E-state index in [1.165, 1.54) is 0 Å². The Morgan fingerprint density at radius 3 is 2.35 bits per heavy atom. The van der Waals surface area contributed by atoms with Crippen molar-refractivity contribution in [1.29, 1.82) is 0 Å². The lowest BCUT2D eigenvalue weighted by atomic mass is 10.1. The minimum atomic E-state index is -0.0374. The van der Waals surface area contributed by atoms with Gasteiger partial charge in [0.05, 0.1) is 0 Å². The van der Waals surface area contributed by atoms with Crippen molar-refractivity contribution in [2.75, 3.05) is 6.61 Å². The second-order valence-corrected chi connectivity index (χ2v) is 5.15. The maximum Gasteiger partial charge on any atom is 0.156 e. The molecule has 0 aromatic carbocycles. The van der Waals surface area contributed by atoms with Crippen molar-refractivity contribution >= 4 is 0 Å². The smallest absolute Gasteiger partial charge is 0.156 e. The monoisotopic (exact) mass is 237 g/mol. The fourth-order valence-electron chi connectivity index (χ4n) is 1.36. The van der Waals surface area contributed by atoms with Gasteiger partial charge >= 0.3 is 0 Å². The molecule has 0 saturated carbocycles. The predicted molar refractivity (Wildman–Crippen MR) is 68.7 cm³/mol. The first-order valence-corrected chi connectivity index (χ1v) is 6.10. The highest BCUT2D eigenvalue weighted by Crippen LogP contribution is 2.11. The summed E-state index contributed by atoms with van der Waals surface area (Å²) >= 11 is 0. The van der Waals surface area contributed by atoms with Gasteiger partial charge in [-0.2, -0.15) is 0 Å². The van der Waals surface area contributed by atoms with E-state index >= 15 is 0 Å². The minimum absolute atomic E-state index is 0.0374. The molecule has 96 valence electrons. The van der Waals surface area contributed by atoms with Crippen LogP contribution in [0.1, 0.15) is 52.1 Å². The Hall–Kier alpha value is -1.00. The Kier molecular flexibility index (Phi) is 5.02. The van der Waals surface area contributed by atoms with Crippen molar-refractivity contribution < 1.29 is 4.74 Å². The molecular weight excluding hydrogens is 214 g/mol. The molecule has 0 spiro atoms. The van der Waals surface area contributed by atoms with Crippen LogP contribution in [0.5, 0.6) is 0 Å². The zero-order valence-corrected chi connectivity index (χ0v) is 11.4. The summed E-state index contributed by atoms with van der Waals surface area (Å²) in [6.07, 6.45) is 3.68. The van der Waals surface area contributed by atoms with E-state index in [1.807, 2.05) is 26.2 Å². The first kappa shape index (κ1) is 14.1. The van der Waals surface area contributed by atoms with E-state index in [4.69, 9.17) is 4.74 Å². The fourth-order valence-corrected chi connectivity index (χ4v) is 1.36. The van der Waals surface area contributed by atoms with Gasteiger partial charge in [-0.25, -0.2) is 9.97 Å². The van der Waals surface area contributed by atoms with Gasteiger partial charge < -0.3 is 10.1 Å². The molecule has 0 radical (unpaired) electrons. The van der Waals surface area contributed by atoms with Gasteiger partial charge in [0.1, 0.15) is 6.10 Å². The number of hydrogen-bond acceptors (Lipinski definition) is 4. The standard InChI is InChI=1S/C13H23N3O/c1-6-17-10(2)12-14-7-11(8-15-12)9-16-13(3,4)5/h7-8,10,16H,6,9H2,1-5H3. The summed E-state index contributed by atoms with van der Waals surface area (Å²) in [6.45, 7) is 11.8. The number of nitrogens with zero attached hydrogens (tertiary/aromatic N) is 2. The van der Waals surface area contributed by atoms with Crippen molar-refractivity contribution in [3.63, 3.8) is 0 Å². The van der Waals surface area contributed by atoms with Gasteiger partial charge in [-0.15, -0.1) is 0 Å². The Morgan fingerprint density at radius 1 is 1.29 bits per heavy atom. The molecule has 0 aliphatic carbocycles. The Bertz CT molecular complexity index is 330. The molecule has 0 saturated heterocycles. The topological polar surface area (TPSA) is 47.0 Å². The van der Waals surface area contributed by atoms with Crippen LogP contribution < -0.4 is 5.32 Å². The lowest BCUT2D eigenvalue weighted by Crippen LogP contribution is -2.35. The van der Waals surface area contributed by atoms with E-state index in [0.717, 1.165) is 17.9 Å². The molecule has 0 amide bonds. The zero-order valence-electron chi connectivity index (χ0n) is 11.4. The van der Waals surface area contributed by atoms with Crippen LogP contribution in [-0.2, 0) is 11.3 Å². The second-order valence-electron chi connectivity index (χ2n) is 5.15. The highest BCUT2D eigenvalue weighted by molar-refractivity contribution is 5.06. The summed E-state index contributed by atoms with van der Waals surface area (Å²) in [5.74, 6) is 0.742. The van der Waals surface area contributed by atoms with Crippen LogP contribution in [-0.4, -0.2) is 22.1 Å². The van der Waals surface area contributed by atoms with Crippen LogP contribution in [0.4, 0.5) is 0 Å². The van der Waals surface area contributed by atoms with Crippen LogP contribution in [0.3, 0.4) is 0 Å². The quantitative estimate of drug-likeness (QED) is 0.854. The maximum atomic E-state index is 5.44. The van der Waals surface area contributed by atoms with E-state index in [1.54, 1.807) is 0 Å². The molecule has 1 aromatic rings. The molecule has 1 rings (SSSR count). The van der Waals surface area contributed by atoms with Crippen molar-refractivity contribution in [2.45, 2.75) is 52.8 Å². The van der Waals surface area contributed by atoms with Crippen molar-refractivity contribution in [3.05, 3.63) is 23.8 Å². The third-order valence-electron chi connectivity index (χ3n) is 2.33. The summed E-state index contributed by atoms with van der Waals surface area (Å²) in [5.41, 5.74) is 1.20.